The van der Waals surface area contributed by atoms with E-state index in [9.17, 15) is 9.59 Å². The van der Waals surface area contributed by atoms with Crippen LogP contribution in [0.1, 0.15) is 5.56 Å². The number of aliphatic carboxylic acids is 1. The number of carbonyl (C=O) groups excluding carboxylic acids is 1. The van der Waals surface area contributed by atoms with E-state index < -0.39 is 12.5 Å². The summed E-state index contributed by atoms with van der Waals surface area (Å²) in [6.07, 6.45) is 1.73. The summed E-state index contributed by atoms with van der Waals surface area (Å²) in [6, 6.07) is 7.66. The Hall–Kier alpha value is -0.930. The molecule has 0 unspecified atom stereocenters. The molecule has 0 saturated carbocycles. The fourth-order valence-corrected chi connectivity index (χ4v) is 3.34. The zero-order valence-electron chi connectivity index (χ0n) is 9.50. The number of thioether (sulfide) groups is 1. The molecule has 4 nitrogen and oxygen atoms in total. The monoisotopic (exact) mass is 405 g/mol. The highest BCUT2D eigenvalue weighted by molar-refractivity contribution is 14.1. The van der Waals surface area contributed by atoms with Gasteiger partial charge in [0.05, 0.1) is 4.91 Å². The normalized spacial score (nSPS) is 17.3. The largest absolute Gasteiger partial charge is 0.480 e. The summed E-state index contributed by atoms with van der Waals surface area (Å²) in [4.78, 5) is 24.2. The number of hydrogen-bond acceptors (Lipinski definition) is 4. The van der Waals surface area contributed by atoms with Gasteiger partial charge in [-0.15, -0.1) is 0 Å². The Morgan fingerprint density at radius 3 is 2.89 bits per heavy atom. The quantitative estimate of drug-likeness (QED) is 0.476. The van der Waals surface area contributed by atoms with E-state index in [-0.39, 0.29) is 10.2 Å². The number of amides is 1. The summed E-state index contributed by atoms with van der Waals surface area (Å²) in [7, 11) is 0. The average Bonchev–Trinajstić information content (AvgIpc) is 2.57. The van der Waals surface area contributed by atoms with Gasteiger partial charge in [-0.2, -0.15) is 0 Å². The van der Waals surface area contributed by atoms with Gasteiger partial charge in [0.1, 0.15) is 10.9 Å². The van der Waals surface area contributed by atoms with Gasteiger partial charge in [0.15, 0.2) is 0 Å². The molecule has 1 heterocycles. The number of rotatable bonds is 3. The lowest BCUT2D eigenvalue weighted by atomic mass is 10.2. The third kappa shape index (κ3) is 3.54. The number of benzene rings is 1. The van der Waals surface area contributed by atoms with Crippen LogP contribution in [0.15, 0.2) is 29.2 Å². The predicted octanol–water partition coefficient (Wildman–Crippen LogP) is 2.58. The van der Waals surface area contributed by atoms with Gasteiger partial charge in [0.2, 0.25) is 0 Å². The highest BCUT2D eigenvalue weighted by Gasteiger charge is 2.33. The van der Waals surface area contributed by atoms with Gasteiger partial charge in [-0.25, -0.2) is 0 Å². The molecule has 1 aliphatic heterocycles. The first-order chi connectivity index (χ1) is 8.97. The smallest absolute Gasteiger partial charge is 0.323 e. The molecule has 98 valence electrons. The number of thiocarbonyl (C=S) groups is 1. The van der Waals surface area contributed by atoms with E-state index in [1.54, 1.807) is 6.08 Å². The van der Waals surface area contributed by atoms with Crippen LogP contribution in [-0.2, 0) is 9.59 Å². The van der Waals surface area contributed by atoms with Crippen LogP contribution in [0, 0.1) is 3.57 Å². The van der Waals surface area contributed by atoms with E-state index in [0.717, 1.165) is 25.8 Å². The van der Waals surface area contributed by atoms with Gasteiger partial charge >= 0.3 is 5.97 Å². The summed E-state index contributed by atoms with van der Waals surface area (Å²) < 4.78 is 1.34. The van der Waals surface area contributed by atoms with Gasteiger partial charge in [-0.1, -0.05) is 36.1 Å². The summed E-state index contributed by atoms with van der Waals surface area (Å²) >= 11 is 8.33. The number of carboxylic acids is 1. The van der Waals surface area contributed by atoms with E-state index in [1.165, 1.54) is 0 Å². The van der Waals surface area contributed by atoms with Gasteiger partial charge in [-0.3, -0.25) is 14.5 Å². The van der Waals surface area contributed by atoms with Crippen LogP contribution in [0.2, 0.25) is 0 Å². The standard InChI is InChI=1S/C12H8INO3S2/c13-8-3-1-2-7(4-8)5-9-11(17)14(6-10(15)16)12(18)19-9/h1-5H,6H2,(H,15,16)/b9-5+. The van der Waals surface area contributed by atoms with E-state index in [1.807, 2.05) is 24.3 Å². The van der Waals surface area contributed by atoms with Gasteiger partial charge in [0.25, 0.3) is 5.91 Å². The molecule has 1 aromatic carbocycles. The first-order valence-electron chi connectivity index (χ1n) is 5.20. The topological polar surface area (TPSA) is 57.6 Å². The molecule has 0 atom stereocenters. The second-order valence-electron chi connectivity index (χ2n) is 3.72. The van der Waals surface area contributed by atoms with Crippen molar-refractivity contribution >= 4 is 68.8 Å². The maximum absolute atomic E-state index is 12.0. The maximum atomic E-state index is 12.0. The van der Waals surface area contributed by atoms with Crippen LogP contribution in [0.4, 0.5) is 0 Å². The van der Waals surface area contributed by atoms with Crippen LogP contribution < -0.4 is 0 Å². The Labute approximate surface area is 133 Å². The molecule has 19 heavy (non-hydrogen) atoms. The van der Waals surface area contributed by atoms with Crippen LogP contribution in [-0.4, -0.2) is 32.7 Å². The third-order valence-electron chi connectivity index (χ3n) is 2.31. The molecule has 7 heteroatoms. The number of nitrogens with zero attached hydrogens (tertiary/aromatic N) is 1. The third-order valence-corrected chi connectivity index (χ3v) is 4.36. The Morgan fingerprint density at radius 1 is 1.53 bits per heavy atom. The fraction of sp³-hybridized carbons (Fsp3) is 0.0833. The number of hydrogen-bond donors (Lipinski definition) is 1. The minimum atomic E-state index is -1.08. The van der Waals surface area contributed by atoms with Gasteiger partial charge < -0.3 is 5.11 Å². The summed E-state index contributed by atoms with van der Waals surface area (Å²) in [6.45, 7) is -0.395. The summed E-state index contributed by atoms with van der Waals surface area (Å²) in [5, 5.41) is 8.74. The fourth-order valence-electron chi connectivity index (χ4n) is 1.52. The Morgan fingerprint density at radius 2 is 2.26 bits per heavy atom. The molecule has 0 aromatic heterocycles. The van der Waals surface area contributed by atoms with Gasteiger partial charge in [0, 0.05) is 3.57 Å². The lowest BCUT2D eigenvalue weighted by Crippen LogP contribution is -2.33. The van der Waals surface area contributed by atoms with E-state index >= 15 is 0 Å². The van der Waals surface area contributed by atoms with Crippen LogP contribution >= 0.6 is 46.6 Å². The van der Waals surface area contributed by atoms with Crippen molar-refractivity contribution in [2.45, 2.75) is 0 Å². The second kappa shape index (κ2) is 6.02. The van der Waals surface area contributed by atoms with Crippen molar-refractivity contribution in [2.75, 3.05) is 6.54 Å². The molecule has 1 aromatic rings. The van der Waals surface area contributed by atoms with E-state index in [4.69, 9.17) is 17.3 Å². The molecular weight excluding hydrogens is 397 g/mol. The summed E-state index contributed by atoms with van der Waals surface area (Å²) in [5.41, 5.74) is 0.891. The van der Waals surface area contributed by atoms with Crippen molar-refractivity contribution in [2.24, 2.45) is 0 Å². The second-order valence-corrected chi connectivity index (χ2v) is 6.64. The molecule has 2 rings (SSSR count). The van der Waals surface area contributed by atoms with Crippen molar-refractivity contribution < 1.29 is 14.7 Å². The summed E-state index contributed by atoms with van der Waals surface area (Å²) in [5.74, 6) is -1.43. The van der Waals surface area contributed by atoms with Crippen molar-refractivity contribution in [3.63, 3.8) is 0 Å². The lowest BCUT2D eigenvalue weighted by Gasteiger charge is -2.10. The molecule has 1 fully saturated rings. The van der Waals surface area contributed by atoms with Crippen LogP contribution in [0.5, 0.6) is 0 Å². The van der Waals surface area contributed by atoms with E-state index in [0.29, 0.717) is 4.91 Å². The van der Waals surface area contributed by atoms with Crippen molar-refractivity contribution in [3.05, 3.63) is 38.3 Å². The molecule has 0 bridgehead atoms. The minimum Gasteiger partial charge on any atom is -0.480 e. The average molecular weight is 405 g/mol. The molecule has 0 radical (unpaired) electrons. The van der Waals surface area contributed by atoms with Crippen molar-refractivity contribution in [1.29, 1.82) is 0 Å². The van der Waals surface area contributed by atoms with E-state index in [2.05, 4.69) is 22.6 Å². The maximum Gasteiger partial charge on any atom is 0.323 e. The molecule has 1 aliphatic rings. The predicted molar refractivity (Wildman–Crippen MR) is 86.7 cm³/mol. The molecule has 1 saturated heterocycles. The zero-order chi connectivity index (χ0) is 14.0. The highest BCUT2D eigenvalue weighted by Crippen LogP contribution is 2.32. The molecular formula is C12H8INO3S2. The van der Waals surface area contributed by atoms with Crippen molar-refractivity contribution in [1.82, 2.24) is 4.90 Å². The Balaban J connectivity index is 2.25. The van der Waals surface area contributed by atoms with Crippen LogP contribution in [0.25, 0.3) is 6.08 Å². The SMILES string of the molecule is O=C(O)CN1C(=O)/C(=C\c2cccc(I)c2)SC1=S. The van der Waals surface area contributed by atoms with Crippen molar-refractivity contribution in [3.8, 4) is 0 Å². The first-order valence-corrected chi connectivity index (χ1v) is 7.50. The number of carboxylic acid groups (broad SMARTS) is 1. The Bertz CT molecular complexity index is 600. The number of halogens is 1. The highest BCUT2D eigenvalue weighted by atomic mass is 127. The lowest BCUT2D eigenvalue weighted by molar-refractivity contribution is -0.140. The zero-order valence-corrected chi connectivity index (χ0v) is 13.3. The molecule has 1 N–H and O–H groups in total. The van der Waals surface area contributed by atoms with Crippen LogP contribution in [0.3, 0.4) is 0 Å². The minimum absolute atomic E-state index is 0.282. The molecule has 0 spiro atoms. The molecule has 1 amide bonds. The first kappa shape index (κ1) is 14.5. The van der Waals surface area contributed by atoms with Gasteiger partial charge in [-0.05, 0) is 46.4 Å². The molecule has 0 aliphatic carbocycles. The Kier molecular flexibility index (Phi) is 4.58. The number of carbonyl (C=O) groups is 2.